The molecule has 0 aliphatic carbocycles. The Bertz CT molecular complexity index is 420. The molecule has 2 aromatic rings. The van der Waals surface area contributed by atoms with Crippen LogP contribution in [0.15, 0.2) is 18.6 Å². The number of aliphatic hydroxyl groups excluding tert-OH is 1. The quantitative estimate of drug-likeness (QED) is 0.737. The molecule has 0 radical (unpaired) electrons. The second-order valence-corrected chi connectivity index (χ2v) is 2.91. The van der Waals surface area contributed by atoms with Crippen LogP contribution >= 0.6 is 0 Å². The van der Waals surface area contributed by atoms with Gasteiger partial charge in [-0.25, -0.2) is 9.97 Å². The van der Waals surface area contributed by atoms with Gasteiger partial charge in [-0.1, -0.05) is 6.92 Å². The number of aliphatic hydroxyl groups is 1. The molecule has 0 amide bonds. The normalized spacial score (nSPS) is 10.9. The predicted octanol–water partition coefficient (Wildman–Crippen LogP) is 0.784. The van der Waals surface area contributed by atoms with Crippen molar-refractivity contribution in [3.63, 3.8) is 0 Å². The summed E-state index contributed by atoms with van der Waals surface area (Å²) in [7, 11) is 0. The maximum absolute atomic E-state index is 8.86. The standard InChI is InChI=1S/C9H11N3O/c1-2-7-3-10-9-11-8(6-13)5-12(9)4-7/h3-5,13H,2,6H2,1H3. The van der Waals surface area contributed by atoms with Gasteiger partial charge in [0.15, 0.2) is 0 Å². The molecule has 13 heavy (non-hydrogen) atoms. The summed E-state index contributed by atoms with van der Waals surface area (Å²) in [6.07, 6.45) is 6.54. The van der Waals surface area contributed by atoms with Gasteiger partial charge in [-0.15, -0.1) is 0 Å². The van der Waals surface area contributed by atoms with E-state index < -0.39 is 0 Å². The molecular weight excluding hydrogens is 166 g/mol. The molecule has 0 aliphatic rings. The number of imidazole rings is 1. The Morgan fingerprint density at radius 3 is 3.00 bits per heavy atom. The van der Waals surface area contributed by atoms with Crippen molar-refractivity contribution in [2.45, 2.75) is 20.0 Å². The first-order valence-corrected chi connectivity index (χ1v) is 4.27. The molecule has 0 unspecified atom stereocenters. The molecule has 4 nitrogen and oxygen atoms in total. The molecule has 4 heteroatoms. The molecule has 0 aromatic carbocycles. The highest BCUT2D eigenvalue weighted by Gasteiger charge is 2.01. The summed E-state index contributed by atoms with van der Waals surface area (Å²) in [6.45, 7) is 2.04. The third-order valence-electron chi connectivity index (χ3n) is 1.98. The van der Waals surface area contributed by atoms with Gasteiger partial charge in [0.05, 0.1) is 12.3 Å². The Labute approximate surface area is 75.9 Å². The Morgan fingerprint density at radius 2 is 2.31 bits per heavy atom. The molecule has 0 atom stereocenters. The van der Waals surface area contributed by atoms with Crippen molar-refractivity contribution >= 4 is 5.78 Å². The fourth-order valence-corrected chi connectivity index (χ4v) is 1.24. The topological polar surface area (TPSA) is 50.4 Å². The molecule has 2 aromatic heterocycles. The molecule has 0 fully saturated rings. The minimum Gasteiger partial charge on any atom is -0.390 e. The third kappa shape index (κ3) is 1.40. The third-order valence-corrected chi connectivity index (χ3v) is 1.98. The van der Waals surface area contributed by atoms with Crippen LogP contribution in [0.5, 0.6) is 0 Å². The molecule has 68 valence electrons. The molecule has 2 rings (SSSR count). The maximum atomic E-state index is 8.86. The highest BCUT2D eigenvalue weighted by atomic mass is 16.3. The van der Waals surface area contributed by atoms with Gasteiger partial charge in [-0.3, -0.25) is 4.40 Å². The number of aryl methyl sites for hydroxylation is 1. The van der Waals surface area contributed by atoms with Gasteiger partial charge in [0.2, 0.25) is 5.78 Å². The predicted molar refractivity (Wildman–Crippen MR) is 48.3 cm³/mol. The van der Waals surface area contributed by atoms with E-state index in [-0.39, 0.29) is 6.61 Å². The van der Waals surface area contributed by atoms with Crippen molar-refractivity contribution in [1.82, 2.24) is 14.4 Å². The lowest BCUT2D eigenvalue weighted by molar-refractivity contribution is 0.277. The van der Waals surface area contributed by atoms with Gasteiger partial charge in [0.25, 0.3) is 0 Å². The Balaban J connectivity index is 2.57. The van der Waals surface area contributed by atoms with Gasteiger partial charge >= 0.3 is 0 Å². The van der Waals surface area contributed by atoms with Crippen LogP contribution < -0.4 is 0 Å². The lowest BCUT2D eigenvalue weighted by Gasteiger charge is -1.95. The molecule has 0 bridgehead atoms. The fraction of sp³-hybridized carbons (Fsp3) is 0.333. The van der Waals surface area contributed by atoms with Crippen molar-refractivity contribution in [3.8, 4) is 0 Å². The van der Waals surface area contributed by atoms with E-state index in [2.05, 4.69) is 16.9 Å². The molecule has 0 saturated heterocycles. The van der Waals surface area contributed by atoms with E-state index >= 15 is 0 Å². The van der Waals surface area contributed by atoms with Crippen LogP contribution in [0.25, 0.3) is 5.78 Å². The number of nitrogens with zero attached hydrogens (tertiary/aromatic N) is 3. The van der Waals surface area contributed by atoms with Crippen LogP contribution in [-0.4, -0.2) is 19.5 Å². The Kier molecular flexibility index (Phi) is 1.98. The minimum atomic E-state index is -0.0369. The lowest BCUT2D eigenvalue weighted by atomic mass is 10.3. The second-order valence-electron chi connectivity index (χ2n) is 2.91. The van der Waals surface area contributed by atoms with Crippen LogP contribution in [0.1, 0.15) is 18.2 Å². The Morgan fingerprint density at radius 1 is 1.46 bits per heavy atom. The van der Waals surface area contributed by atoms with Gasteiger partial charge in [0, 0.05) is 18.6 Å². The molecule has 0 saturated carbocycles. The maximum Gasteiger partial charge on any atom is 0.234 e. The molecule has 1 N–H and O–H groups in total. The number of hydrogen-bond acceptors (Lipinski definition) is 3. The summed E-state index contributed by atoms with van der Waals surface area (Å²) < 4.78 is 1.84. The number of aromatic nitrogens is 3. The monoisotopic (exact) mass is 177 g/mol. The second kappa shape index (κ2) is 3.14. The van der Waals surface area contributed by atoms with Crippen LogP contribution in [0.2, 0.25) is 0 Å². The molecular formula is C9H11N3O. The first-order chi connectivity index (χ1) is 6.33. The largest absolute Gasteiger partial charge is 0.390 e. The summed E-state index contributed by atoms with van der Waals surface area (Å²) in [6, 6.07) is 0. The Hall–Kier alpha value is -1.42. The average molecular weight is 177 g/mol. The van der Waals surface area contributed by atoms with E-state index in [0.29, 0.717) is 11.5 Å². The van der Waals surface area contributed by atoms with Crippen molar-refractivity contribution in [2.75, 3.05) is 0 Å². The summed E-state index contributed by atoms with van der Waals surface area (Å²) in [5, 5.41) is 8.86. The smallest absolute Gasteiger partial charge is 0.234 e. The van der Waals surface area contributed by atoms with Gasteiger partial charge in [0.1, 0.15) is 0 Å². The first kappa shape index (κ1) is 8.19. The zero-order valence-electron chi connectivity index (χ0n) is 7.44. The van der Waals surface area contributed by atoms with Gasteiger partial charge < -0.3 is 5.11 Å². The molecule has 2 heterocycles. The molecule has 0 spiro atoms. The van der Waals surface area contributed by atoms with Crippen molar-refractivity contribution in [3.05, 3.63) is 29.8 Å². The SMILES string of the molecule is CCc1cnc2nc(CO)cn2c1. The fourth-order valence-electron chi connectivity index (χ4n) is 1.24. The van der Waals surface area contributed by atoms with Gasteiger partial charge in [-0.2, -0.15) is 0 Å². The van der Waals surface area contributed by atoms with E-state index in [0.717, 1.165) is 12.0 Å². The average Bonchev–Trinajstić information content (AvgIpc) is 2.58. The van der Waals surface area contributed by atoms with Crippen molar-refractivity contribution < 1.29 is 5.11 Å². The van der Waals surface area contributed by atoms with Crippen molar-refractivity contribution in [1.29, 1.82) is 0 Å². The first-order valence-electron chi connectivity index (χ1n) is 4.27. The van der Waals surface area contributed by atoms with Crippen LogP contribution in [0, 0.1) is 0 Å². The highest BCUT2D eigenvalue weighted by Crippen LogP contribution is 2.04. The zero-order chi connectivity index (χ0) is 9.26. The van der Waals surface area contributed by atoms with Crippen LogP contribution in [0.3, 0.4) is 0 Å². The molecule has 0 aliphatic heterocycles. The van der Waals surface area contributed by atoms with Crippen LogP contribution in [0.4, 0.5) is 0 Å². The zero-order valence-corrected chi connectivity index (χ0v) is 7.44. The van der Waals surface area contributed by atoms with E-state index in [9.17, 15) is 0 Å². The number of rotatable bonds is 2. The van der Waals surface area contributed by atoms with E-state index in [1.54, 1.807) is 6.20 Å². The van der Waals surface area contributed by atoms with Gasteiger partial charge in [-0.05, 0) is 12.0 Å². The van der Waals surface area contributed by atoms with E-state index in [1.807, 2.05) is 16.8 Å². The van der Waals surface area contributed by atoms with E-state index in [1.165, 1.54) is 0 Å². The number of hydrogen-bond donors (Lipinski definition) is 1. The lowest BCUT2D eigenvalue weighted by Crippen LogP contribution is -1.90. The number of fused-ring (bicyclic) bond motifs is 1. The summed E-state index contributed by atoms with van der Waals surface area (Å²) in [5.41, 5.74) is 1.81. The van der Waals surface area contributed by atoms with Crippen LogP contribution in [-0.2, 0) is 13.0 Å². The summed E-state index contributed by atoms with van der Waals surface area (Å²) in [5.74, 6) is 0.640. The summed E-state index contributed by atoms with van der Waals surface area (Å²) in [4.78, 5) is 8.27. The summed E-state index contributed by atoms with van der Waals surface area (Å²) >= 11 is 0. The van der Waals surface area contributed by atoms with E-state index in [4.69, 9.17) is 5.11 Å². The highest BCUT2D eigenvalue weighted by molar-refractivity contribution is 5.31. The van der Waals surface area contributed by atoms with Crippen molar-refractivity contribution in [2.24, 2.45) is 0 Å². The minimum absolute atomic E-state index is 0.0369.